The SMILES string of the molecule is Cc1cc(N)cc(C)c1OCc1cc(Cl)ccc1Cl. The predicted octanol–water partition coefficient (Wildman–Crippen LogP) is 4.77. The first-order chi connectivity index (χ1) is 8.97. The van der Waals surface area contributed by atoms with Crippen molar-refractivity contribution in [2.45, 2.75) is 20.5 Å². The van der Waals surface area contributed by atoms with E-state index in [4.69, 9.17) is 33.7 Å². The second-order valence-corrected chi connectivity index (χ2v) is 5.35. The summed E-state index contributed by atoms with van der Waals surface area (Å²) >= 11 is 12.1. The summed E-state index contributed by atoms with van der Waals surface area (Å²) in [5.41, 5.74) is 9.41. The van der Waals surface area contributed by atoms with Gasteiger partial charge in [-0.3, -0.25) is 0 Å². The number of anilines is 1. The lowest BCUT2D eigenvalue weighted by atomic mass is 10.1. The molecule has 0 bridgehead atoms. The van der Waals surface area contributed by atoms with Crippen molar-refractivity contribution in [1.29, 1.82) is 0 Å². The lowest BCUT2D eigenvalue weighted by molar-refractivity contribution is 0.302. The Labute approximate surface area is 123 Å². The van der Waals surface area contributed by atoms with Crippen LogP contribution in [-0.2, 0) is 6.61 Å². The third-order valence-corrected chi connectivity index (χ3v) is 3.47. The molecule has 19 heavy (non-hydrogen) atoms. The zero-order valence-corrected chi connectivity index (χ0v) is 12.3. The van der Waals surface area contributed by atoms with Gasteiger partial charge in [0.2, 0.25) is 0 Å². The molecule has 2 N–H and O–H groups in total. The van der Waals surface area contributed by atoms with Crippen molar-refractivity contribution in [1.82, 2.24) is 0 Å². The fourth-order valence-electron chi connectivity index (χ4n) is 2.02. The highest BCUT2D eigenvalue weighted by atomic mass is 35.5. The van der Waals surface area contributed by atoms with Gasteiger partial charge in [0.15, 0.2) is 0 Å². The number of ether oxygens (including phenoxy) is 1. The third-order valence-electron chi connectivity index (χ3n) is 2.86. The molecule has 0 aliphatic carbocycles. The van der Waals surface area contributed by atoms with Crippen LogP contribution in [0.25, 0.3) is 0 Å². The Bertz CT molecular complexity index is 588. The molecule has 4 heteroatoms. The van der Waals surface area contributed by atoms with Crippen LogP contribution in [0.4, 0.5) is 5.69 Å². The summed E-state index contributed by atoms with van der Waals surface area (Å²) in [5, 5.41) is 1.30. The van der Waals surface area contributed by atoms with Gasteiger partial charge in [0.25, 0.3) is 0 Å². The minimum absolute atomic E-state index is 0.380. The van der Waals surface area contributed by atoms with Crippen LogP contribution >= 0.6 is 23.2 Å². The van der Waals surface area contributed by atoms with Gasteiger partial charge in [0.05, 0.1) is 0 Å². The van der Waals surface area contributed by atoms with E-state index < -0.39 is 0 Å². The molecule has 0 saturated heterocycles. The Balaban J connectivity index is 2.21. The van der Waals surface area contributed by atoms with E-state index in [1.54, 1.807) is 12.1 Å². The van der Waals surface area contributed by atoms with Crippen LogP contribution in [0.5, 0.6) is 5.75 Å². The Hall–Kier alpha value is -1.38. The molecule has 0 unspecified atom stereocenters. The summed E-state index contributed by atoms with van der Waals surface area (Å²) in [6, 6.07) is 9.12. The normalized spacial score (nSPS) is 10.5. The van der Waals surface area contributed by atoms with Crippen molar-refractivity contribution in [3.05, 3.63) is 57.1 Å². The number of hydrogen-bond donors (Lipinski definition) is 1. The van der Waals surface area contributed by atoms with Crippen molar-refractivity contribution in [2.75, 3.05) is 5.73 Å². The lowest BCUT2D eigenvalue weighted by Crippen LogP contribution is -2.00. The smallest absolute Gasteiger partial charge is 0.125 e. The molecule has 100 valence electrons. The van der Waals surface area contributed by atoms with Crippen molar-refractivity contribution in [2.24, 2.45) is 0 Å². The molecular formula is C15H15Cl2NO. The molecule has 0 saturated carbocycles. The number of nitrogens with two attached hydrogens (primary N) is 1. The van der Waals surface area contributed by atoms with Gasteiger partial charge in [-0.05, 0) is 55.3 Å². The quantitative estimate of drug-likeness (QED) is 0.828. The first-order valence-electron chi connectivity index (χ1n) is 5.91. The Kier molecular flexibility index (Phi) is 4.23. The van der Waals surface area contributed by atoms with Crippen molar-refractivity contribution in [3.63, 3.8) is 0 Å². The van der Waals surface area contributed by atoms with E-state index in [9.17, 15) is 0 Å². The summed E-state index contributed by atoms with van der Waals surface area (Å²) < 4.78 is 5.85. The third kappa shape index (κ3) is 3.34. The minimum atomic E-state index is 0.380. The zero-order chi connectivity index (χ0) is 14.0. The maximum absolute atomic E-state index is 6.11. The summed E-state index contributed by atoms with van der Waals surface area (Å²) in [6.45, 7) is 4.32. The van der Waals surface area contributed by atoms with Crippen LogP contribution < -0.4 is 10.5 Å². The van der Waals surface area contributed by atoms with E-state index in [-0.39, 0.29) is 0 Å². The van der Waals surface area contributed by atoms with E-state index in [1.165, 1.54) is 0 Å². The fourth-order valence-corrected chi connectivity index (χ4v) is 2.38. The number of nitrogen functional groups attached to an aromatic ring is 1. The molecule has 0 heterocycles. The molecule has 0 radical (unpaired) electrons. The van der Waals surface area contributed by atoms with Gasteiger partial charge in [-0.1, -0.05) is 23.2 Å². The predicted molar refractivity (Wildman–Crippen MR) is 81.1 cm³/mol. The summed E-state index contributed by atoms with van der Waals surface area (Å²) in [6.07, 6.45) is 0. The van der Waals surface area contributed by atoms with E-state index >= 15 is 0 Å². The van der Waals surface area contributed by atoms with E-state index in [0.717, 1.165) is 28.1 Å². The number of rotatable bonds is 3. The van der Waals surface area contributed by atoms with Crippen LogP contribution in [0.15, 0.2) is 30.3 Å². The average Bonchev–Trinajstić information content (AvgIpc) is 2.32. The Morgan fingerprint density at radius 3 is 2.32 bits per heavy atom. The molecule has 2 aromatic carbocycles. The lowest BCUT2D eigenvalue weighted by Gasteiger charge is -2.14. The molecule has 2 rings (SSSR count). The van der Waals surface area contributed by atoms with Crippen LogP contribution in [0.2, 0.25) is 10.0 Å². The van der Waals surface area contributed by atoms with Gasteiger partial charge < -0.3 is 10.5 Å². The maximum atomic E-state index is 6.11. The van der Waals surface area contributed by atoms with Crippen molar-refractivity contribution >= 4 is 28.9 Å². The van der Waals surface area contributed by atoms with Gasteiger partial charge >= 0.3 is 0 Å². The summed E-state index contributed by atoms with van der Waals surface area (Å²) in [7, 11) is 0. The standard InChI is InChI=1S/C15H15Cl2NO/c1-9-5-13(18)6-10(2)15(9)19-8-11-7-12(16)3-4-14(11)17/h3-7H,8,18H2,1-2H3. The molecule has 0 aliphatic rings. The highest BCUT2D eigenvalue weighted by Crippen LogP contribution is 2.28. The molecule has 0 amide bonds. The maximum Gasteiger partial charge on any atom is 0.125 e. The topological polar surface area (TPSA) is 35.2 Å². The van der Waals surface area contributed by atoms with Crippen LogP contribution in [0, 0.1) is 13.8 Å². The first-order valence-corrected chi connectivity index (χ1v) is 6.66. The van der Waals surface area contributed by atoms with E-state index in [0.29, 0.717) is 16.7 Å². The van der Waals surface area contributed by atoms with Gasteiger partial charge in [0.1, 0.15) is 12.4 Å². The summed E-state index contributed by atoms with van der Waals surface area (Å²) in [5.74, 6) is 0.838. The number of benzene rings is 2. The number of hydrogen-bond acceptors (Lipinski definition) is 2. The Morgan fingerprint density at radius 1 is 1.05 bits per heavy atom. The highest BCUT2D eigenvalue weighted by molar-refractivity contribution is 6.33. The molecule has 0 aliphatic heterocycles. The van der Waals surface area contributed by atoms with Gasteiger partial charge in [-0.15, -0.1) is 0 Å². The fraction of sp³-hybridized carbons (Fsp3) is 0.200. The van der Waals surface area contributed by atoms with E-state index in [1.807, 2.05) is 32.0 Å². The zero-order valence-electron chi connectivity index (χ0n) is 10.8. The second-order valence-electron chi connectivity index (χ2n) is 4.51. The first kappa shape index (κ1) is 14.0. The molecule has 2 nitrogen and oxygen atoms in total. The van der Waals surface area contributed by atoms with Crippen molar-refractivity contribution in [3.8, 4) is 5.75 Å². The van der Waals surface area contributed by atoms with Gasteiger partial charge in [-0.2, -0.15) is 0 Å². The van der Waals surface area contributed by atoms with Gasteiger partial charge in [-0.25, -0.2) is 0 Å². The van der Waals surface area contributed by atoms with Gasteiger partial charge in [0, 0.05) is 21.3 Å². The average molecular weight is 296 g/mol. The van der Waals surface area contributed by atoms with Crippen LogP contribution in [0.3, 0.4) is 0 Å². The summed E-state index contributed by atoms with van der Waals surface area (Å²) in [4.78, 5) is 0. The molecule has 2 aromatic rings. The number of aryl methyl sites for hydroxylation is 2. The molecule has 0 atom stereocenters. The minimum Gasteiger partial charge on any atom is -0.488 e. The molecule has 0 fully saturated rings. The molecular weight excluding hydrogens is 281 g/mol. The molecule has 0 spiro atoms. The van der Waals surface area contributed by atoms with Crippen LogP contribution in [-0.4, -0.2) is 0 Å². The largest absolute Gasteiger partial charge is 0.488 e. The van der Waals surface area contributed by atoms with E-state index in [2.05, 4.69) is 0 Å². The monoisotopic (exact) mass is 295 g/mol. The second kappa shape index (κ2) is 5.72. The number of halogens is 2. The Morgan fingerprint density at radius 2 is 1.68 bits per heavy atom. The van der Waals surface area contributed by atoms with Crippen LogP contribution in [0.1, 0.15) is 16.7 Å². The highest BCUT2D eigenvalue weighted by Gasteiger charge is 2.08. The van der Waals surface area contributed by atoms with Crippen molar-refractivity contribution < 1.29 is 4.74 Å². The molecule has 0 aromatic heterocycles.